The molecule has 2 rings (SSSR count). The summed E-state index contributed by atoms with van der Waals surface area (Å²) in [6.07, 6.45) is 3.82. The topological polar surface area (TPSA) is 84.2 Å². The van der Waals surface area contributed by atoms with Gasteiger partial charge in [0.1, 0.15) is 11.4 Å². The van der Waals surface area contributed by atoms with Crippen molar-refractivity contribution in [2.45, 2.75) is 58.1 Å². The number of nitrogen functional groups attached to an aromatic ring is 1. The molecule has 1 saturated heterocycles. The molecule has 0 bridgehead atoms. The lowest BCUT2D eigenvalue weighted by atomic mass is 10.1. The normalized spacial score (nSPS) is 20.6. The number of hydrogen-bond donors (Lipinski definition) is 2. The molecule has 2 heterocycles. The molecular weight excluding hydrogens is 256 g/mol. The number of amides is 1. The van der Waals surface area contributed by atoms with Crippen LogP contribution in [0.25, 0.3) is 0 Å². The number of nitrogens with zero attached hydrogens (tertiary/aromatic N) is 2. The monoisotopic (exact) mass is 280 g/mol. The quantitative estimate of drug-likeness (QED) is 0.828. The summed E-state index contributed by atoms with van der Waals surface area (Å²) in [5.41, 5.74) is 6.02. The van der Waals surface area contributed by atoms with E-state index < -0.39 is 5.60 Å². The van der Waals surface area contributed by atoms with Crippen LogP contribution in [0.1, 0.15) is 58.2 Å². The van der Waals surface area contributed by atoms with Crippen LogP contribution in [-0.4, -0.2) is 33.3 Å². The van der Waals surface area contributed by atoms with Crippen molar-refractivity contribution in [3.63, 3.8) is 0 Å². The maximum Gasteiger partial charge on any atom is 0.410 e. The number of nitrogens with one attached hydrogen (secondary N) is 1. The van der Waals surface area contributed by atoms with Crippen LogP contribution in [0.5, 0.6) is 0 Å². The molecule has 1 amide bonds. The molecule has 6 heteroatoms. The van der Waals surface area contributed by atoms with Gasteiger partial charge in [-0.25, -0.2) is 4.79 Å². The zero-order chi connectivity index (χ0) is 14.8. The lowest BCUT2D eigenvalue weighted by Crippen LogP contribution is -2.39. The van der Waals surface area contributed by atoms with Gasteiger partial charge in [-0.3, -0.25) is 10.00 Å². The predicted molar refractivity (Wildman–Crippen MR) is 77.1 cm³/mol. The average molecular weight is 280 g/mol. The molecule has 0 spiro atoms. The van der Waals surface area contributed by atoms with E-state index in [-0.39, 0.29) is 12.1 Å². The lowest BCUT2D eigenvalue weighted by Gasteiger charge is -2.31. The van der Waals surface area contributed by atoms with Crippen molar-refractivity contribution in [1.29, 1.82) is 0 Å². The number of aromatic nitrogens is 2. The molecule has 1 fully saturated rings. The third-order valence-corrected chi connectivity index (χ3v) is 3.34. The smallest absolute Gasteiger partial charge is 0.410 e. The Labute approximate surface area is 119 Å². The molecule has 112 valence electrons. The summed E-state index contributed by atoms with van der Waals surface area (Å²) < 4.78 is 5.51. The van der Waals surface area contributed by atoms with Crippen molar-refractivity contribution >= 4 is 11.9 Å². The summed E-state index contributed by atoms with van der Waals surface area (Å²) in [5, 5.41) is 6.95. The second kappa shape index (κ2) is 5.73. The maximum atomic E-state index is 12.4. The van der Waals surface area contributed by atoms with E-state index in [1.807, 2.05) is 20.8 Å². The fourth-order valence-electron chi connectivity index (χ4n) is 2.48. The SMILES string of the molecule is CC(C)(C)OC(=O)N1CCCCCC1c1cc(N)[nH]n1. The first-order valence-electron chi connectivity index (χ1n) is 7.17. The van der Waals surface area contributed by atoms with Crippen LogP contribution >= 0.6 is 0 Å². The van der Waals surface area contributed by atoms with E-state index in [0.717, 1.165) is 31.4 Å². The van der Waals surface area contributed by atoms with Gasteiger partial charge in [0.15, 0.2) is 0 Å². The summed E-state index contributed by atoms with van der Waals surface area (Å²) >= 11 is 0. The van der Waals surface area contributed by atoms with E-state index in [0.29, 0.717) is 12.4 Å². The molecule has 0 radical (unpaired) electrons. The van der Waals surface area contributed by atoms with Gasteiger partial charge in [-0.15, -0.1) is 0 Å². The highest BCUT2D eigenvalue weighted by atomic mass is 16.6. The Morgan fingerprint density at radius 1 is 1.45 bits per heavy atom. The Hall–Kier alpha value is -1.72. The van der Waals surface area contributed by atoms with Gasteiger partial charge >= 0.3 is 6.09 Å². The minimum Gasteiger partial charge on any atom is -0.444 e. The van der Waals surface area contributed by atoms with E-state index in [2.05, 4.69) is 10.2 Å². The number of carbonyl (C=O) groups excluding carboxylic acids is 1. The summed E-state index contributed by atoms with van der Waals surface area (Å²) in [5.74, 6) is 0.522. The molecule has 1 aromatic heterocycles. The van der Waals surface area contributed by atoms with Crippen LogP contribution in [0.4, 0.5) is 10.6 Å². The van der Waals surface area contributed by atoms with Gasteiger partial charge in [-0.05, 0) is 33.6 Å². The zero-order valence-electron chi connectivity index (χ0n) is 12.5. The largest absolute Gasteiger partial charge is 0.444 e. The molecular formula is C14H24N4O2. The van der Waals surface area contributed by atoms with E-state index in [9.17, 15) is 4.79 Å². The number of carbonyl (C=O) groups is 1. The molecule has 0 aromatic carbocycles. The zero-order valence-corrected chi connectivity index (χ0v) is 12.5. The van der Waals surface area contributed by atoms with Gasteiger partial charge in [-0.2, -0.15) is 5.10 Å². The number of likely N-dealkylation sites (tertiary alicyclic amines) is 1. The van der Waals surface area contributed by atoms with E-state index in [1.54, 1.807) is 11.0 Å². The van der Waals surface area contributed by atoms with Crippen LogP contribution in [0.3, 0.4) is 0 Å². The first-order valence-corrected chi connectivity index (χ1v) is 7.17. The third-order valence-electron chi connectivity index (χ3n) is 3.34. The highest BCUT2D eigenvalue weighted by Gasteiger charge is 2.31. The number of aromatic amines is 1. The second-order valence-electron chi connectivity index (χ2n) is 6.29. The summed E-state index contributed by atoms with van der Waals surface area (Å²) in [7, 11) is 0. The Bertz CT molecular complexity index is 464. The number of hydrogen-bond acceptors (Lipinski definition) is 4. The van der Waals surface area contributed by atoms with E-state index in [1.165, 1.54) is 0 Å². The Balaban J connectivity index is 2.19. The van der Waals surface area contributed by atoms with Gasteiger partial charge in [0.2, 0.25) is 0 Å². The minimum absolute atomic E-state index is 0.0547. The van der Waals surface area contributed by atoms with Crippen LogP contribution in [0.2, 0.25) is 0 Å². The van der Waals surface area contributed by atoms with Gasteiger partial charge < -0.3 is 10.5 Å². The molecule has 6 nitrogen and oxygen atoms in total. The number of anilines is 1. The minimum atomic E-state index is -0.488. The van der Waals surface area contributed by atoms with Crippen LogP contribution in [-0.2, 0) is 4.74 Å². The molecule has 1 aromatic rings. The summed E-state index contributed by atoms with van der Waals surface area (Å²) in [6, 6.07) is 1.74. The van der Waals surface area contributed by atoms with Crippen molar-refractivity contribution in [3.8, 4) is 0 Å². The van der Waals surface area contributed by atoms with Crippen molar-refractivity contribution in [2.75, 3.05) is 12.3 Å². The Morgan fingerprint density at radius 3 is 2.80 bits per heavy atom. The van der Waals surface area contributed by atoms with Gasteiger partial charge in [0.05, 0.1) is 11.7 Å². The number of ether oxygens (including phenoxy) is 1. The molecule has 1 atom stereocenters. The summed E-state index contributed by atoms with van der Waals surface area (Å²) in [4.78, 5) is 14.2. The standard InChI is InChI=1S/C14H24N4O2/c1-14(2,3)20-13(19)18-8-6-4-5-7-11(18)10-9-12(15)17-16-10/h9,11H,4-8H2,1-3H3,(H3,15,16,17). The molecule has 3 N–H and O–H groups in total. The highest BCUT2D eigenvalue weighted by Crippen LogP contribution is 2.30. The number of H-pyrrole nitrogens is 1. The van der Waals surface area contributed by atoms with E-state index in [4.69, 9.17) is 10.5 Å². The van der Waals surface area contributed by atoms with Crippen molar-refractivity contribution in [1.82, 2.24) is 15.1 Å². The van der Waals surface area contributed by atoms with Gasteiger partial charge in [-0.1, -0.05) is 12.8 Å². The maximum absolute atomic E-state index is 12.4. The molecule has 1 unspecified atom stereocenters. The number of rotatable bonds is 1. The van der Waals surface area contributed by atoms with Gasteiger partial charge in [0.25, 0.3) is 0 Å². The molecule has 1 aliphatic heterocycles. The second-order valence-corrected chi connectivity index (χ2v) is 6.29. The predicted octanol–water partition coefficient (Wildman–Crippen LogP) is 2.84. The molecule has 0 saturated carbocycles. The number of nitrogens with two attached hydrogens (primary N) is 1. The van der Waals surface area contributed by atoms with E-state index >= 15 is 0 Å². The van der Waals surface area contributed by atoms with Crippen LogP contribution in [0.15, 0.2) is 6.07 Å². The first-order chi connectivity index (χ1) is 9.37. The van der Waals surface area contributed by atoms with Crippen molar-refractivity contribution in [3.05, 3.63) is 11.8 Å². The fourth-order valence-corrected chi connectivity index (χ4v) is 2.48. The molecule has 0 aliphatic carbocycles. The lowest BCUT2D eigenvalue weighted by molar-refractivity contribution is 0.0159. The van der Waals surface area contributed by atoms with Crippen molar-refractivity contribution < 1.29 is 9.53 Å². The fraction of sp³-hybridized carbons (Fsp3) is 0.714. The van der Waals surface area contributed by atoms with Crippen molar-refractivity contribution in [2.24, 2.45) is 0 Å². The average Bonchev–Trinajstić information content (AvgIpc) is 2.62. The molecule has 20 heavy (non-hydrogen) atoms. The van der Waals surface area contributed by atoms with Gasteiger partial charge in [0, 0.05) is 12.6 Å². The Morgan fingerprint density at radius 2 is 2.20 bits per heavy atom. The van der Waals surface area contributed by atoms with Crippen LogP contribution < -0.4 is 5.73 Å². The summed E-state index contributed by atoms with van der Waals surface area (Å²) in [6.45, 7) is 6.34. The molecule has 1 aliphatic rings. The first kappa shape index (κ1) is 14.7. The van der Waals surface area contributed by atoms with Crippen LogP contribution in [0, 0.1) is 0 Å². The highest BCUT2D eigenvalue weighted by molar-refractivity contribution is 5.69. The Kier molecular flexibility index (Phi) is 4.20. The third kappa shape index (κ3) is 3.65.